The summed E-state index contributed by atoms with van der Waals surface area (Å²) in [7, 11) is 1.83. The van der Waals surface area contributed by atoms with Gasteiger partial charge in [-0.15, -0.1) is 24.8 Å². The van der Waals surface area contributed by atoms with Crippen LogP contribution in [0.3, 0.4) is 0 Å². The third-order valence-corrected chi connectivity index (χ3v) is 3.87. The van der Waals surface area contributed by atoms with Crippen LogP contribution in [0.1, 0.15) is 25.0 Å². The fraction of sp³-hybridized carbons (Fsp3) is 0.562. The molecule has 2 heterocycles. The number of aromatic nitrogens is 1. The molecule has 0 spiro atoms. The first kappa shape index (κ1) is 22.6. The first-order valence-electron chi connectivity index (χ1n) is 7.77. The summed E-state index contributed by atoms with van der Waals surface area (Å²) < 4.78 is 0. The van der Waals surface area contributed by atoms with Gasteiger partial charge in [-0.1, -0.05) is 6.07 Å². The van der Waals surface area contributed by atoms with Gasteiger partial charge in [-0.3, -0.25) is 9.59 Å². The molecule has 2 amide bonds. The van der Waals surface area contributed by atoms with Gasteiger partial charge in [0.2, 0.25) is 11.8 Å². The lowest BCUT2D eigenvalue weighted by atomic mass is 9.97. The molecule has 136 valence electrons. The van der Waals surface area contributed by atoms with E-state index in [2.05, 4.69) is 15.6 Å². The Morgan fingerprint density at radius 1 is 1.33 bits per heavy atom. The van der Waals surface area contributed by atoms with Gasteiger partial charge in [-0.25, -0.2) is 4.98 Å². The molecule has 24 heavy (non-hydrogen) atoms. The van der Waals surface area contributed by atoms with Crippen molar-refractivity contribution in [2.75, 3.05) is 32.0 Å². The number of likely N-dealkylation sites (tertiary alicyclic amines) is 1. The molecular weight excluding hydrogens is 351 g/mol. The number of pyridine rings is 1. The summed E-state index contributed by atoms with van der Waals surface area (Å²) in [6.07, 6.45) is 2.16. The number of nitrogens with one attached hydrogen (secondary N) is 2. The Balaban J connectivity index is 0.00000264. The zero-order chi connectivity index (χ0) is 15.9. The van der Waals surface area contributed by atoms with Crippen molar-refractivity contribution < 1.29 is 9.59 Å². The minimum Gasteiger partial charge on any atom is -0.342 e. The van der Waals surface area contributed by atoms with E-state index < -0.39 is 0 Å². The highest BCUT2D eigenvalue weighted by Crippen LogP contribution is 2.19. The fourth-order valence-corrected chi connectivity index (χ4v) is 2.65. The Morgan fingerprint density at radius 2 is 2.08 bits per heavy atom. The molecule has 1 atom stereocenters. The topological polar surface area (TPSA) is 74.3 Å². The number of hydrogen-bond donors (Lipinski definition) is 2. The average molecular weight is 377 g/mol. The predicted molar refractivity (Wildman–Crippen MR) is 99.9 cm³/mol. The van der Waals surface area contributed by atoms with Crippen molar-refractivity contribution in [1.29, 1.82) is 0 Å². The van der Waals surface area contributed by atoms with Crippen LogP contribution < -0.4 is 10.6 Å². The second-order valence-electron chi connectivity index (χ2n) is 5.69. The minimum absolute atomic E-state index is 0. The van der Waals surface area contributed by atoms with Crippen LogP contribution >= 0.6 is 24.8 Å². The summed E-state index contributed by atoms with van der Waals surface area (Å²) in [6, 6.07) is 5.54. The maximum atomic E-state index is 12.4. The van der Waals surface area contributed by atoms with E-state index in [0.717, 1.165) is 25.1 Å². The molecular formula is C16H26Cl2N4O2. The molecule has 0 aromatic carbocycles. The van der Waals surface area contributed by atoms with Crippen LogP contribution in [0.15, 0.2) is 18.2 Å². The zero-order valence-corrected chi connectivity index (χ0v) is 15.7. The van der Waals surface area contributed by atoms with E-state index in [1.54, 1.807) is 11.0 Å². The Bertz CT molecular complexity index is 543. The quantitative estimate of drug-likeness (QED) is 0.824. The van der Waals surface area contributed by atoms with Crippen LogP contribution in [0, 0.1) is 12.8 Å². The number of hydrogen-bond acceptors (Lipinski definition) is 4. The summed E-state index contributed by atoms with van der Waals surface area (Å²) >= 11 is 0. The van der Waals surface area contributed by atoms with Gasteiger partial charge in [0, 0.05) is 31.7 Å². The van der Waals surface area contributed by atoms with Gasteiger partial charge in [-0.2, -0.15) is 0 Å². The maximum Gasteiger partial charge on any atom is 0.230 e. The molecule has 8 heteroatoms. The van der Waals surface area contributed by atoms with Crippen molar-refractivity contribution in [1.82, 2.24) is 15.2 Å². The molecule has 1 aliphatic rings. The van der Waals surface area contributed by atoms with Crippen LogP contribution in [0.4, 0.5) is 5.82 Å². The molecule has 0 radical (unpaired) electrons. The molecule has 1 fully saturated rings. The number of rotatable bonds is 5. The second-order valence-corrected chi connectivity index (χ2v) is 5.69. The van der Waals surface area contributed by atoms with Crippen molar-refractivity contribution in [3.8, 4) is 0 Å². The van der Waals surface area contributed by atoms with Crippen molar-refractivity contribution in [3.05, 3.63) is 23.9 Å². The van der Waals surface area contributed by atoms with Gasteiger partial charge < -0.3 is 15.5 Å². The third-order valence-electron chi connectivity index (χ3n) is 3.87. The van der Waals surface area contributed by atoms with Gasteiger partial charge in [-0.05, 0) is 38.9 Å². The van der Waals surface area contributed by atoms with E-state index in [0.29, 0.717) is 25.3 Å². The van der Waals surface area contributed by atoms with E-state index in [-0.39, 0.29) is 42.5 Å². The van der Waals surface area contributed by atoms with Crippen LogP contribution in [0.25, 0.3) is 0 Å². The summed E-state index contributed by atoms with van der Waals surface area (Å²) in [4.78, 5) is 30.5. The molecule has 0 saturated carbocycles. The van der Waals surface area contributed by atoms with Gasteiger partial charge in [0.05, 0.1) is 5.92 Å². The van der Waals surface area contributed by atoms with E-state index in [1.165, 1.54) is 0 Å². The van der Waals surface area contributed by atoms with Crippen molar-refractivity contribution >= 4 is 42.4 Å². The monoisotopic (exact) mass is 376 g/mol. The maximum absolute atomic E-state index is 12.4. The number of carbonyl (C=O) groups excluding carboxylic acids is 2. The van der Waals surface area contributed by atoms with Gasteiger partial charge >= 0.3 is 0 Å². The lowest BCUT2D eigenvalue weighted by Gasteiger charge is -2.32. The Hall–Kier alpha value is -1.37. The Labute approximate surface area is 155 Å². The van der Waals surface area contributed by atoms with Crippen molar-refractivity contribution in [2.24, 2.45) is 5.92 Å². The molecule has 1 aliphatic heterocycles. The lowest BCUT2D eigenvalue weighted by Crippen LogP contribution is -2.44. The summed E-state index contributed by atoms with van der Waals surface area (Å²) in [5, 5.41) is 5.83. The number of anilines is 1. The molecule has 1 aromatic heterocycles. The molecule has 2 rings (SSSR count). The number of halogens is 2. The first-order chi connectivity index (χ1) is 10.6. The number of aryl methyl sites for hydroxylation is 1. The predicted octanol–water partition coefficient (Wildman–Crippen LogP) is 2.02. The summed E-state index contributed by atoms with van der Waals surface area (Å²) in [5.41, 5.74) is 0.866. The minimum atomic E-state index is -0.158. The van der Waals surface area contributed by atoms with E-state index in [9.17, 15) is 9.59 Å². The second kappa shape index (κ2) is 11.2. The molecule has 2 N–H and O–H groups in total. The standard InChI is InChI=1S/C16H24N4O2.2ClH/c1-12-5-3-7-14(18-12)19-16(22)13-6-4-10-20(11-13)15(21)8-9-17-2;;/h3,5,7,13,17H,4,6,8-11H2,1-2H3,(H,18,19,22);2*1H. The highest BCUT2D eigenvalue weighted by Gasteiger charge is 2.28. The lowest BCUT2D eigenvalue weighted by molar-refractivity contribution is -0.134. The summed E-state index contributed by atoms with van der Waals surface area (Å²) in [5.74, 6) is 0.475. The van der Waals surface area contributed by atoms with Crippen LogP contribution in [0.5, 0.6) is 0 Å². The molecule has 0 aliphatic carbocycles. The van der Waals surface area contributed by atoms with E-state index in [4.69, 9.17) is 0 Å². The number of carbonyl (C=O) groups is 2. The number of piperidine rings is 1. The largest absolute Gasteiger partial charge is 0.342 e. The first-order valence-corrected chi connectivity index (χ1v) is 7.77. The SMILES string of the molecule is CNCCC(=O)N1CCCC(C(=O)Nc2cccc(C)n2)C1.Cl.Cl. The third kappa shape index (κ3) is 6.63. The summed E-state index contributed by atoms with van der Waals surface area (Å²) in [6.45, 7) is 3.80. The van der Waals surface area contributed by atoms with E-state index in [1.807, 2.05) is 26.1 Å². The Kier molecular flexibility index (Phi) is 10.6. The average Bonchev–Trinajstić information content (AvgIpc) is 2.52. The normalized spacial score (nSPS) is 16.6. The fourth-order valence-electron chi connectivity index (χ4n) is 2.65. The molecule has 1 saturated heterocycles. The highest BCUT2D eigenvalue weighted by atomic mass is 35.5. The van der Waals surface area contributed by atoms with Crippen LogP contribution in [-0.4, -0.2) is 48.4 Å². The Morgan fingerprint density at radius 3 is 2.75 bits per heavy atom. The highest BCUT2D eigenvalue weighted by molar-refractivity contribution is 5.92. The van der Waals surface area contributed by atoms with E-state index >= 15 is 0 Å². The van der Waals surface area contributed by atoms with Gasteiger partial charge in [0.1, 0.15) is 5.82 Å². The molecule has 1 unspecified atom stereocenters. The number of amides is 2. The van der Waals surface area contributed by atoms with Gasteiger partial charge in [0.15, 0.2) is 0 Å². The van der Waals surface area contributed by atoms with Crippen LogP contribution in [-0.2, 0) is 9.59 Å². The van der Waals surface area contributed by atoms with Gasteiger partial charge in [0.25, 0.3) is 0 Å². The number of nitrogens with zero attached hydrogens (tertiary/aromatic N) is 2. The molecule has 1 aromatic rings. The molecule has 6 nitrogen and oxygen atoms in total. The molecule has 0 bridgehead atoms. The van der Waals surface area contributed by atoms with Crippen LogP contribution in [0.2, 0.25) is 0 Å². The van der Waals surface area contributed by atoms with Crippen molar-refractivity contribution in [2.45, 2.75) is 26.2 Å². The smallest absolute Gasteiger partial charge is 0.230 e. The zero-order valence-electron chi connectivity index (χ0n) is 14.1. The van der Waals surface area contributed by atoms with Crippen molar-refractivity contribution in [3.63, 3.8) is 0 Å².